The molecule has 0 saturated carbocycles. The lowest BCUT2D eigenvalue weighted by Crippen LogP contribution is -2.46. The molecule has 20 heavy (non-hydrogen) atoms. The van der Waals surface area contributed by atoms with Crippen LogP contribution in [0.5, 0.6) is 0 Å². The lowest BCUT2D eigenvalue weighted by Gasteiger charge is -2.19. The van der Waals surface area contributed by atoms with Crippen LogP contribution in [-0.2, 0) is 4.79 Å². The molecule has 0 aliphatic carbocycles. The average molecular weight is 278 g/mol. The van der Waals surface area contributed by atoms with Crippen LogP contribution in [0.25, 0.3) is 0 Å². The quantitative estimate of drug-likeness (QED) is 0.748. The maximum Gasteiger partial charge on any atom is 0.326 e. The van der Waals surface area contributed by atoms with Crippen molar-refractivity contribution in [3.05, 3.63) is 35.4 Å². The van der Waals surface area contributed by atoms with Crippen LogP contribution in [0.3, 0.4) is 0 Å². The summed E-state index contributed by atoms with van der Waals surface area (Å²) < 4.78 is 0. The van der Waals surface area contributed by atoms with Crippen molar-refractivity contribution in [1.82, 2.24) is 10.6 Å². The van der Waals surface area contributed by atoms with Crippen LogP contribution in [0.2, 0.25) is 0 Å². The van der Waals surface area contributed by atoms with Gasteiger partial charge in [-0.15, -0.1) is 0 Å². The Kier molecular flexibility index (Phi) is 6.03. The fraction of sp³-hybridized carbons (Fsp3) is 0.467. The lowest BCUT2D eigenvalue weighted by molar-refractivity contribution is -0.139. The minimum absolute atomic E-state index is 0.174. The van der Waals surface area contributed by atoms with Crippen molar-refractivity contribution in [2.45, 2.75) is 45.7 Å². The predicted molar refractivity (Wildman–Crippen MR) is 77.6 cm³/mol. The van der Waals surface area contributed by atoms with Crippen molar-refractivity contribution in [2.75, 3.05) is 0 Å². The van der Waals surface area contributed by atoms with E-state index in [1.807, 2.05) is 45.0 Å². The Morgan fingerprint density at radius 3 is 2.45 bits per heavy atom. The van der Waals surface area contributed by atoms with Crippen LogP contribution in [0.1, 0.15) is 43.9 Å². The number of amides is 2. The molecule has 0 bridgehead atoms. The minimum Gasteiger partial charge on any atom is -0.480 e. The Bertz CT molecular complexity index is 474. The number of nitrogens with one attached hydrogen (secondary N) is 2. The third-order valence-electron chi connectivity index (χ3n) is 3.18. The van der Waals surface area contributed by atoms with Gasteiger partial charge in [-0.3, -0.25) is 0 Å². The molecule has 1 rings (SSSR count). The standard InChI is InChI=1S/C15H22N2O3/c1-4-7-13(14(18)19)17-15(20)16-11(3)12-9-6-5-8-10(12)2/h5-6,8-9,11,13H,4,7H2,1-3H3,(H,18,19)(H2,16,17,20). The summed E-state index contributed by atoms with van der Waals surface area (Å²) in [6, 6.07) is 6.30. The number of carboxylic acids is 1. The number of hydrogen-bond donors (Lipinski definition) is 3. The first-order valence-electron chi connectivity index (χ1n) is 6.81. The maximum absolute atomic E-state index is 11.8. The first kappa shape index (κ1) is 16.0. The van der Waals surface area contributed by atoms with Crippen LogP contribution >= 0.6 is 0 Å². The van der Waals surface area contributed by atoms with E-state index in [0.717, 1.165) is 11.1 Å². The number of rotatable bonds is 6. The third-order valence-corrected chi connectivity index (χ3v) is 3.18. The topological polar surface area (TPSA) is 78.4 Å². The van der Waals surface area contributed by atoms with Crippen molar-refractivity contribution in [3.8, 4) is 0 Å². The first-order chi connectivity index (χ1) is 9.45. The Morgan fingerprint density at radius 2 is 1.90 bits per heavy atom. The molecule has 3 N–H and O–H groups in total. The molecule has 2 unspecified atom stereocenters. The molecule has 2 atom stereocenters. The molecule has 0 fully saturated rings. The summed E-state index contributed by atoms with van der Waals surface area (Å²) in [5, 5.41) is 14.3. The fourth-order valence-corrected chi connectivity index (χ4v) is 2.09. The second-order valence-corrected chi connectivity index (χ2v) is 4.88. The van der Waals surface area contributed by atoms with E-state index < -0.39 is 18.0 Å². The zero-order valence-electron chi connectivity index (χ0n) is 12.1. The Hall–Kier alpha value is -2.04. The molecular formula is C15H22N2O3. The zero-order valence-corrected chi connectivity index (χ0v) is 12.1. The van der Waals surface area contributed by atoms with Crippen LogP contribution in [0.4, 0.5) is 4.79 Å². The van der Waals surface area contributed by atoms with Gasteiger partial charge in [0.2, 0.25) is 0 Å². The summed E-state index contributed by atoms with van der Waals surface area (Å²) in [5.41, 5.74) is 2.11. The van der Waals surface area contributed by atoms with E-state index in [0.29, 0.717) is 12.8 Å². The van der Waals surface area contributed by atoms with Gasteiger partial charge in [0.25, 0.3) is 0 Å². The van der Waals surface area contributed by atoms with Gasteiger partial charge in [-0.1, -0.05) is 37.6 Å². The molecule has 0 aliphatic heterocycles. The van der Waals surface area contributed by atoms with Crippen LogP contribution < -0.4 is 10.6 Å². The number of benzene rings is 1. The third kappa shape index (κ3) is 4.57. The zero-order chi connectivity index (χ0) is 15.1. The summed E-state index contributed by atoms with van der Waals surface area (Å²) in [6.45, 7) is 5.73. The predicted octanol–water partition coefficient (Wildman–Crippen LogP) is 2.61. The first-order valence-corrected chi connectivity index (χ1v) is 6.81. The van der Waals surface area contributed by atoms with Crippen LogP contribution in [-0.4, -0.2) is 23.1 Å². The van der Waals surface area contributed by atoms with E-state index in [1.54, 1.807) is 0 Å². The van der Waals surface area contributed by atoms with E-state index in [-0.39, 0.29) is 6.04 Å². The van der Waals surface area contributed by atoms with Crippen molar-refractivity contribution >= 4 is 12.0 Å². The van der Waals surface area contributed by atoms with Crippen LogP contribution in [0.15, 0.2) is 24.3 Å². The highest BCUT2D eigenvalue weighted by atomic mass is 16.4. The average Bonchev–Trinajstić information content (AvgIpc) is 2.38. The largest absolute Gasteiger partial charge is 0.480 e. The second-order valence-electron chi connectivity index (χ2n) is 4.88. The van der Waals surface area contributed by atoms with Gasteiger partial charge in [0.1, 0.15) is 6.04 Å². The maximum atomic E-state index is 11.8. The van der Waals surface area contributed by atoms with E-state index in [2.05, 4.69) is 10.6 Å². The molecule has 0 saturated heterocycles. The summed E-state index contributed by atoms with van der Waals surface area (Å²) in [4.78, 5) is 22.8. The highest BCUT2D eigenvalue weighted by molar-refractivity contribution is 5.82. The molecule has 5 nitrogen and oxygen atoms in total. The fourth-order valence-electron chi connectivity index (χ4n) is 2.09. The second kappa shape index (κ2) is 7.53. The highest BCUT2D eigenvalue weighted by Gasteiger charge is 2.20. The van der Waals surface area contributed by atoms with Crippen molar-refractivity contribution in [3.63, 3.8) is 0 Å². The molecule has 0 spiro atoms. The van der Waals surface area contributed by atoms with Gasteiger partial charge in [-0.2, -0.15) is 0 Å². The van der Waals surface area contributed by atoms with Crippen LogP contribution in [0, 0.1) is 6.92 Å². The van der Waals surface area contributed by atoms with E-state index in [9.17, 15) is 9.59 Å². The van der Waals surface area contributed by atoms with Gasteiger partial charge in [0, 0.05) is 0 Å². The Morgan fingerprint density at radius 1 is 1.25 bits per heavy atom. The van der Waals surface area contributed by atoms with Gasteiger partial charge in [-0.25, -0.2) is 9.59 Å². The van der Waals surface area contributed by atoms with Crippen molar-refractivity contribution in [2.24, 2.45) is 0 Å². The lowest BCUT2D eigenvalue weighted by atomic mass is 10.0. The molecule has 1 aromatic rings. The van der Waals surface area contributed by atoms with Gasteiger partial charge >= 0.3 is 12.0 Å². The number of carboxylic acid groups (broad SMARTS) is 1. The molecule has 0 radical (unpaired) electrons. The monoisotopic (exact) mass is 278 g/mol. The number of aliphatic carboxylic acids is 1. The SMILES string of the molecule is CCCC(NC(=O)NC(C)c1ccccc1C)C(=O)O. The van der Waals surface area contributed by atoms with Crippen molar-refractivity contribution in [1.29, 1.82) is 0 Å². The van der Waals surface area contributed by atoms with E-state index in [1.165, 1.54) is 0 Å². The number of aryl methyl sites for hydroxylation is 1. The molecule has 1 aromatic carbocycles. The summed E-state index contributed by atoms with van der Waals surface area (Å²) in [6.07, 6.45) is 1.12. The summed E-state index contributed by atoms with van der Waals surface area (Å²) in [5.74, 6) is -1.01. The Balaban J connectivity index is 2.62. The van der Waals surface area contributed by atoms with E-state index in [4.69, 9.17) is 5.11 Å². The molecule has 110 valence electrons. The molecule has 5 heteroatoms. The summed E-state index contributed by atoms with van der Waals surface area (Å²) in [7, 11) is 0. The van der Waals surface area contributed by atoms with Crippen molar-refractivity contribution < 1.29 is 14.7 Å². The van der Waals surface area contributed by atoms with Gasteiger partial charge < -0.3 is 15.7 Å². The van der Waals surface area contributed by atoms with Gasteiger partial charge in [0.05, 0.1) is 6.04 Å². The number of urea groups is 1. The number of hydrogen-bond acceptors (Lipinski definition) is 2. The van der Waals surface area contributed by atoms with E-state index >= 15 is 0 Å². The van der Waals surface area contributed by atoms with Gasteiger partial charge in [-0.05, 0) is 31.4 Å². The highest BCUT2D eigenvalue weighted by Crippen LogP contribution is 2.16. The number of carbonyl (C=O) groups excluding carboxylic acids is 1. The Labute approximate surface area is 119 Å². The molecule has 0 aromatic heterocycles. The normalized spacial score (nSPS) is 13.3. The van der Waals surface area contributed by atoms with Gasteiger partial charge in [0.15, 0.2) is 0 Å². The minimum atomic E-state index is -1.01. The summed E-state index contributed by atoms with van der Waals surface area (Å²) >= 11 is 0. The smallest absolute Gasteiger partial charge is 0.326 e. The molecule has 0 aliphatic rings. The molecular weight excluding hydrogens is 256 g/mol. The number of carbonyl (C=O) groups is 2. The molecule has 0 heterocycles. The molecule has 2 amide bonds.